The molecule has 1 saturated heterocycles. The van der Waals surface area contributed by atoms with E-state index in [-0.39, 0.29) is 6.10 Å². The first-order valence-electron chi connectivity index (χ1n) is 6.27. The van der Waals surface area contributed by atoms with E-state index in [4.69, 9.17) is 4.74 Å². The van der Waals surface area contributed by atoms with Crippen molar-refractivity contribution in [1.82, 2.24) is 4.31 Å². The quantitative estimate of drug-likeness (QED) is 0.697. The van der Waals surface area contributed by atoms with Crippen LogP contribution in [0.3, 0.4) is 0 Å². The highest BCUT2D eigenvalue weighted by Gasteiger charge is 2.33. The summed E-state index contributed by atoms with van der Waals surface area (Å²) in [4.78, 5) is 0. The fourth-order valence-electron chi connectivity index (χ4n) is 2.18. The molecule has 2 aliphatic rings. The molecule has 0 radical (unpaired) electrons. The first-order chi connectivity index (χ1) is 8.12. The molecule has 0 aromatic carbocycles. The Hall–Kier alpha value is 0.350. The molecule has 6 heteroatoms. The number of halogens is 1. The van der Waals surface area contributed by atoms with Crippen LogP contribution in [0, 0.1) is 5.92 Å². The van der Waals surface area contributed by atoms with Gasteiger partial charge in [-0.05, 0) is 31.6 Å². The van der Waals surface area contributed by atoms with Crippen LogP contribution in [0.15, 0.2) is 0 Å². The number of piperidine rings is 1. The molecule has 2 fully saturated rings. The van der Waals surface area contributed by atoms with Gasteiger partial charge in [0, 0.05) is 18.4 Å². The van der Waals surface area contributed by atoms with E-state index in [2.05, 4.69) is 15.9 Å². The molecule has 4 nitrogen and oxygen atoms in total. The highest BCUT2D eigenvalue weighted by molar-refractivity contribution is 9.09. The second-order valence-electron chi connectivity index (χ2n) is 4.88. The largest absolute Gasteiger partial charge is 0.377 e. The van der Waals surface area contributed by atoms with E-state index in [1.165, 1.54) is 0 Å². The number of alkyl halides is 1. The van der Waals surface area contributed by atoms with Crippen LogP contribution in [0.5, 0.6) is 0 Å². The Morgan fingerprint density at radius 3 is 2.35 bits per heavy atom. The second kappa shape index (κ2) is 5.99. The van der Waals surface area contributed by atoms with Gasteiger partial charge in [-0.1, -0.05) is 15.9 Å². The lowest BCUT2D eigenvalue weighted by molar-refractivity contribution is 0.0309. The Morgan fingerprint density at radius 2 is 1.82 bits per heavy atom. The molecule has 0 atom stereocenters. The zero-order valence-corrected chi connectivity index (χ0v) is 12.4. The predicted octanol–water partition coefficient (Wildman–Crippen LogP) is 1.60. The molecule has 2 rings (SSSR count). The fraction of sp³-hybridized carbons (Fsp3) is 1.00. The summed E-state index contributed by atoms with van der Waals surface area (Å²) in [5, 5.41) is 0.840. The molecule has 0 bridgehead atoms. The molecule has 1 saturated carbocycles. The van der Waals surface area contributed by atoms with Crippen molar-refractivity contribution in [3.05, 3.63) is 0 Å². The summed E-state index contributed by atoms with van der Waals surface area (Å²) in [6.45, 7) is 1.96. The monoisotopic (exact) mass is 325 g/mol. The molecule has 0 unspecified atom stereocenters. The van der Waals surface area contributed by atoms with E-state index < -0.39 is 10.0 Å². The van der Waals surface area contributed by atoms with E-state index in [9.17, 15) is 8.42 Å². The lowest BCUT2D eigenvalue weighted by Crippen LogP contribution is -2.42. The first kappa shape index (κ1) is 13.8. The second-order valence-corrected chi connectivity index (χ2v) is 7.69. The van der Waals surface area contributed by atoms with Crippen molar-refractivity contribution < 1.29 is 13.2 Å². The summed E-state index contributed by atoms with van der Waals surface area (Å²) < 4.78 is 31.3. The lowest BCUT2D eigenvalue weighted by atomic mass is 10.1. The Bertz CT molecular complexity index is 335. The summed E-state index contributed by atoms with van der Waals surface area (Å²) in [7, 11) is -3.00. The van der Waals surface area contributed by atoms with Crippen molar-refractivity contribution in [3.8, 4) is 0 Å². The summed E-state index contributed by atoms with van der Waals surface area (Å²) in [6.07, 6.45) is 4.07. The average molecular weight is 326 g/mol. The number of hydrogen-bond donors (Lipinski definition) is 0. The van der Waals surface area contributed by atoms with Gasteiger partial charge >= 0.3 is 0 Å². The number of hydrogen-bond acceptors (Lipinski definition) is 3. The number of rotatable bonds is 6. The third-order valence-corrected chi connectivity index (χ3v) is 5.74. The van der Waals surface area contributed by atoms with E-state index >= 15 is 0 Å². The van der Waals surface area contributed by atoms with E-state index in [0.29, 0.717) is 31.4 Å². The number of sulfonamides is 1. The molecule has 0 spiro atoms. The smallest absolute Gasteiger partial charge is 0.214 e. The zero-order valence-electron chi connectivity index (χ0n) is 9.98. The normalized spacial score (nSPS) is 24.1. The maximum Gasteiger partial charge on any atom is 0.214 e. The maximum atomic E-state index is 12.0. The van der Waals surface area contributed by atoms with Gasteiger partial charge in [0.25, 0.3) is 0 Å². The summed E-state index contributed by atoms with van der Waals surface area (Å²) in [6, 6.07) is 0. The minimum atomic E-state index is -3.00. The van der Waals surface area contributed by atoms with Gasteiger partial charge in [0.15, 0.2) is 0 Å². The minimum absolute atomic E-state index is 0.236. The van der Waals surface area contributed by atoms with Crippen molar-refractivity contribution in [2.45, 2.75) is 31.8 Å². The van der Waals surface area contributed by atoms with Gasteiger partial charge in [-0.15, -0.1) is 0 Å². The Morgan fingerprint density at radius 1 is 1.18 bits per heavy atom. The molecule has 0 N–H and O–H groups in total. The Balaban J connectivity index is 1.77. The Kier molecular flexibility index (Phi) is 4.86. The van der Waals surface area contributed by atoms with Crippen LogP contribution < -0.4 is 0 Å². The number of ether oxygens (including phenoxy) is 1. The molecule has 0 amide bonds. The van der Waals surface area contributed by atoms with Gasteiger partial charge in [0.05, 0.1) is 18.5 Å². The molecule has 100 valence electrons. The molecular weight excluding hydrogens is 306 g/mol. The third kappa shape index (κ3) is 4.19. The maximum absolute atomic E-state index is 12.0. The topological polar surface area (TPSA) is 46.6 Å². The summed E-state index contributed by atoms with van der Waals surface area (Å²) in [5.41, 5.74) is 0. The molecule has 0 aromatic rings. The van der Waals surface area contributed by atoms with Gasteiger partial charge < -0.3 is 4.74 Å². The van der Waals surface area contributed by atoms with Crippen molar-refractivity contribution in [2.75, 3.05) is 30.8 Å². The van der Waals surface area contributed by atoms with Crippen LogP contribution in [0.4, 0.5) is 0 Å². The van der Waals surface area contributed by atoms with Crippen molar-refractivity contribution in [2.24, 2.45) is 5.92 Å². The van der Waals surface area contributed by atoms with Crippen molar-refractivity contribution in [3.63, 3.8) is 0 Å². The average Bonchev–Trinajstić information content (AvgIpc) is 3.10. The molecular formula is C11H20BrNO3S. The molecule has 17 heavy (non-hydrogen) atoms. The van der Waals surface area contributed by atoms with Crippen LogP contribution in [-0.2, 0) is 14.8 Å². The predicted molar refractivity (Wildman–Crippen MR) is 70.9 cm³/mol. The third-order valence-electron chi connectivity index (χ3n) is 3.37. The van der Waals surface area contributed by atoms with E-state index in [0.717, 1.165) is 31.0 Å². The first-order valence-corrected chi connectivity index (χ1v) is 9.00. The summed E-state index contributed by atoms with van der Waals surface area (Å²) >= 11 is 3.32. The molecule has 1 heterocycles. The molecule has 1 aliphatic heterocycles. The van der Waals surface area contributed by atoms with E-state index in [1.807, 2.05) is 0 Å². The highest BCUT2D eigenvalue weighted by Crippen LogP contribution is 2.31. The van der Waals surface area contributed by atoms with Gasteiger partial charge in [-0.2, -0.15) is 0 Å². The van der Waals surface area contributed by atoms with Crippen LogP contribution in [0.2, 0.25) is 0 Å². The SMILES string of the molecule is O=S(=O)(CC1CC1)N1CCC(OCCBr)CC1. The van der Waals surface area contributed by atoms with Crippen LogP contribution in [0.25, 0.3) is 0 Å². The Labute approximate surface area is 112 Å². The lowest BCUT2D eigenvalue weighted by Gasteiger charge is -2.31. The van der Waals surface area contributed by atoms with Gasteiger partial charge in [-0.25, -0.2) is 12.7 Å². The van der Waals surface area contributed by atoms with Crippen molar-refractivity contribution >= 4 is 26.0 Å². The molecule has 0 aromatic heterocycles. The van der Waals surface area contributed by atoms with E-state index in [1.54, 1.807) is 4.31 Å². The van der Waals surface area contributed by atoms with Gasteiger partial charge in [-0.3, -0.25) is 0 Å². The minimum Gasteiger partial charge on any atom is -0.377 e. The van der Waals surface area contributed by atoms with Crippen LogP contribution in [0.1, 0.15) is 25.7 Å². The summed E-state index contributed by atoms with van der Waals surface area (Å²) in [5.74, 6) is 0.794. The van der Waals surface area contributed by atoms with Crippen LogP contribution in [-0.4, -0.2) is 49.6 Å². The highest BCUT2D eigenvalue weighted by atomic mass is 79.9. The van der Waals surface area contributed by atoms with Gasteiger partial charge in [0.2, 0.25) is 10.0 Å². The van der Waals surface area contributed by atoms with Crippen molar-refractivity contribution in [1.29, 1.82) is 0 Å². The van der Waals surface area contributed by atoms with Gasteiger partial charge in [0.1, 0.15) is 0 Å². The fourth-order valence-corrected chi connectivity index (χ4v) is 4.27. The molecule has 1 aliphatic carbocycles. The number of nitrogens with zero attached hydrogens (tertiary/aromatic N) is 1. The zero-order chi connectivity index (χ0) is 12.3. The standard InChI is InChI=1S/C11H20BrNO3S/c12-5-8-16-11-3-6-13(7-4-11)17(14,15)9-10-1-2-10/h10-11H,1-9H2. The van der Waals surface area contributed by atoms with Crippen LogP contribution >= 0.6 is 15.9 Å².